The van der Waals surface area contributed by atoms with E-state index in [-0.39, 0.29) is 0 Å². The Morgan fingerprint density at radius 2 is 0.354 bits per heavy atom. The molecule has 9 heteroatoms. The van der Waals surface area contributed by atoms with Crippen LogP contribution in [0.4, 0.5) is 0 Å². The van der Waals surface area contributed by atoms with Gasteiger partial charge in [0.1, 0.15) is 0 Å². The number of benzene rings is 23. The molecule has 29 aromatic rings. The SMILES string of the molecule is c1ccc(-c2ccc(-c3cccc(-c4cccc(-c5nc(-c6ccccc6)nc6ccc7c8ccccc8sc7c56)c4)c3)cc2)cc1.c1ccc(-c2ccccc2-c2cccc(-c3cccc(-c4nc(-c5ccccc5)c5c(ccc6c7ccccc7sc65)n4)c3)c2)cc1.c1ccc(-c2nc(-c3cccc(-c4cccc(-c5ccc6c7ccccc7c7ccccc7c6c5)c4)c3)nc3ccc4c5ccccc5sc4c23)cc1. The van der Waals surface area contributed by atoms with Crippen molar-refractivity contribution in [1.82, 2.24) is 29.9 Å². The Morgan fingerprint density at radius 3 is 0.755 bits per heavy atom. The minimum absolute atomic E-state index is 0.725. The van der Waals surface area contributed by atoms with Crippen molar-refractivity contribution < 1.29 is 0 Å². The highest BCUT2D eigenvalue weighted by atomic mass is 32.1. The Labute approximate surface area is 861 Å². The number of aromatic nitrogens is 6. The topological polar surface area (TPSA) is 77.3 Å². The minimum Gasteiger partial charge on any atom is -0.228 e. The predicted octanol–water partition coefficient (Wildman–Crippen LogP) is 38.8. The van der Waals surface area contributed by atoms with Crippen LogP contribution < -0.4 is 0 Å². The van der Waals surface area contributed by atoms with Crippen molar-refractivity contribution in [3.8, 4) is 157 Å². The average molecular weight is 1920 g/mol. The van der Waals surface area contributed by atoms with Crippen LogP contribution in [-0.2, 0) is 0 Å². The Morgan fingerprint density at radius 1 is 0.122 bits per heavy atom. The van der Waals surface area contributed by atoms with Crippen molar-refractivity contribution in [2.24, 2.45) is 0 Å². The molecule has 0 aliphatic heterocycles. The van der Waals surface area contributed by atoms with Gasteiger partial charge in [-0.05, 0) is 200 Å². The molecule has 0 atom stereocenters. The number of thiophene rings is 3. The molecule has 0 radical (unpaired) electrons. The Bertz CT molecular complexity index is 10200. The van der Waals surface area contributed by atoms with Crippen LogP contribution >= 0.6 is 34.0 Å². The summed E-state index contributed by atoms with van der Waals surface area (Å²) >= 11 is 5.46. The third-order valence-corrected chi connectivity index (χ3v) is 32.0. The van der Waals surface area contributed by atoms with Gasteiger partial charge in [0.2, 0.25) is 0 Å². The normalized spacial score (nSPS) is 11.5. The van der Waals surface area contributed by atoms with Crippen LogP contribution in [0.15, 0.2) is 522 Å². The molecule has 686 valence electrons. The van der Waals surface area contributed by atoms with Crippen molar-refractivity contribution in [3.63, 3.8) is 0 Å². The van der Waals surface area contributed by atoms with E-state index in [4.69, 9.17) is 29.9 Å². The second-order valence-electron chi connectivity index (χ2n) is 37.3. The number of hydrogen-bond acceptors (Lipinski definition) is 9. The number of hydrogen-bond donors (Lipinski definition) is 0. The lowest BCUT2D eigenvalue weighted by molar-refractivity contribution is 1.23. The fourth-order valence-electron chi connectivity index (χ4n) is 21.3. The maximum Gasteiger partial charge on any atom is 0.160 e. The molecular formula is C138H86N6S3. The molecule has 0 aliphatic carbocycles. The third-order valence-electron chi connectivity index (χ3n) is 28.4. The standard InChI is InChI=1S/C50H30N2S.2C44H28N2S/c1-2-12-31(13-3-1)48-47-45(27-26-43-42-22-8-9-23-46(42)53-49(43)47)51-50(52-48)36-17-11-16-34(29-36)32-14-10-15-33(28-32)35-24-25-41-39-20-5-4-18-37(39)38-19-6-7-21-40(38)44(41)30-35;1-3-11-29(12-4-1)30-21-23-31(24-22-30)33-15-9-16-34(27-33)35-17-10-18-36(28-35)42-41-39(45-44(46-42)32-13-5-2-6-14-32)26-25-38-37-19-7-8-20-40(37)47-43(38)41;1-3-13-29(14-4-1)35-21-7-8-22-36(35)33-19-11-17-31(27-33)32-18-12-20-34(28-32)44-45-39-26-25-38-37-23-9-10-24-40(37)47-43(38)41(39)42(46-44)30-15-5-2-6-16-30/h1-30H;2*1-28H. The van der Waals surface area contributed by atoms with Gasteiger partial charge in [0.25, 0.3) is 0 Å². The molecule has 0 spiro atoms. The maximum atomic E-state index is 5.33. The summed E-state index contributed by atoms with van der Waals surface area (Å²) in [6.45, 7) is 0. The molecular weight excluding hydrogens is 1840 g/mol. The molecule has 0 saturated heterocycles. The van der Waals surface area contributed by atoms with Gasteiger partial charge in [0.05, 0.1) is 33.6 Å². The minimum atomic E-state index is 0.725. The van der Waals surface area contributed by atoms with Crippen LogP contribution in [0.3, 0.4) is 0 Å². The highest BCUT2D eigenvalue weighted by molar-refractivity contribution is 7.27. The molecule has 0 bridgehead atoms. The highest BCUT2D eigenvalue weighted by Gasteiger charge is 2.25. The van der Waals surface area contributed by atoms with E-state index >= 15 is 0 Å². The van der Waals surface area contributed by atoms with E-state index < -0.39 is 0 Å². The lowest BCUT2D eigenvalue weighted by Crippen LogP contribution is -1.95. The lowest BCUT2D eigenvalue weighted by Gasteiger charge is -2.13. The molecule has 0 unspecified atom stereocenters. The summed E-state index contributed by atoms with van der Waals surface area (Å²) in [7, 11) is 0. The molecule has 0 N–H and O–H groups in total. The summed E-state index contributed by atoms with van der Waals surface area (Å²) in [6.07, 6.45) is 0. The molecule has 147 heavy (non-hydrogen) atoms. The zero-order valence-electron chi connectivity index (χ0n) is 79.6. The number of rotatable bonds is 14. The van der Waals surface area contributed by atoms with Crippen molar-refractivity contribution in [3.05, 3.63) is 522 Å². The van der Waals surface area contributed by atoms with E-state index in [0.717, 1.165) is 128 Å². The van der Waals surface area contributed by atoms with E-state index in [2.05, 4.69) is 504 Å². The van der Waals surface area contributed by atoms with Gasteiger partial charge in [-0.3, -0.25) is 0 Å². The van der Waals surface area contributed by atoms with Crippen molar-refractivity contribution >= 4 is 160 Å². The van der Waals surface area contributed by atoms with Gasteiger partial charge < -0.3 is 0 Å². The smallest absolute Gasteiger partial charge is 0.160 e. The van der Waals surface area contributed by atoms with Crippen molar-refractivity contribution in [1.29, 1.82) is 0 Å². The van der Waals surface area contributed by atoms with Crippen molar-refractivity contribution in [2.45, 2.75) is 0 Å². The van der Waals surface area contributed by atoms with Crippen LogP contribution in [0.5, 0.6) is 0 Å². The van der Waals surface area contributed by atoms with Gasteiger partial charge in [-0.1, -0.05) is 443 Å². The Balaban J connectivity index is 0.000000109. The average Bonchev–Trinajstić information content (AvgIpc) is 1.62. The molecule has 0 fully saturated rings. The van der Waals surface area contributed by atoms with Crippen LogP contribution in [0.1, 0.15) is 0 Å². The molecule has 0 saturated carbocycles. The fourth-order valence-corrected chi connectivity index (χ4v) is 25.1. The lowest BCUT2D eigenvalue weighted by atomic mass is 9.91. The van der Waals surface area contributed by atoms with Crippen LogP contribution in [0, 0.1) is 0 Å². The summed E-state index contributed by atoms with van der Waals surface area (Å²) in [5, 5.41) is 18.6. The van der Waals surface area contributed by atoms with E-state index in [1.165, 1.54) is 154 Å². The molecule has 0 amide bonds. The first-order chi connectivity index (χ1) is 72.8. The first-order valence-electron chi connectivity index (χ1n) is 49.6. The van der Waals surface area contributed by atoms with Gasteiger partial charge in [-0.15, -0.1) is 34.0 Å². The monoisotopic (exact) mass is 1920 g/mol. The van der Waals surface area contributed by atoms with Crippen molar-refractivity contribution in [2.75, 3.05) is 0 Å². The maximum absolute atomic E-state index is 5.33. The van der Waals surface area contributed by atoms with E-state index in [1.807, 2.05) is 52.2 Å². The van der Waals surface area contributed by atoms with Gasteiger partial charge in [-0.25, -0.2) is 29.9 Å². The summed E-state index contributed by atoms with van der Waals surface area (Å²) in [6, 6.07) is 186. The second-order valence-corrected chi connectivity index (χ2v) is 40.4. The summed E-state index contributed by atoms with van der Waals surface area (Å²) in [5.74, 6) is 2.19. The summed E-state index contributed by atoms with van der Waals surface area (Å²) in [4.78, 5) is 31.4. The zero-order valence-corrected chi connectivity index (χ0v) is 82.0. The predicted molar refractivity (Wildman–Crippen MR) is 626 cm³/mol. The quantitative estimate of drug-likeness (QED) is 0.101. The summed E-state index contributed by atoms with van der Waals surface area (Å²) in [5.41, 5.74) is 31.0. The molecule has 6 heterocycles. The molecule has 0 aliphatic rings. The Kier molecular flexibility index (Phi) is 22.5. The number of nitrogens with zero attached hydrogens (tertiary/aromatic N) is 6. The first-order valence-corrected chi connectivity index (χ1v) is 52.1. The first kappa shape index (κ1) is 87.5. The zero-order chi connectivity index (χ0) is 97.2. The third kappa shape index (κ3) is 16.4. The Hall–Kier alpha value is -18.5. The molecule has 23 aromatic carbocycles. The second kappa shape index (κ2) is 37.8. The summed E-state index contributed by atoms with van der Waals surface area (Å²) < 4.78 is 7.52. The van der Waals surface area contributed by atoms with Gasteiger partial charge >= 0.3 is 0 Å². The molecule has 6 nitrogen and oxygen atoms in total. The fraction of sp³-hybridized carbons (Fsp3) is 0. The molecule has 6 aromatic heterocycles. The van der Waals surface area contributed by atoms with Gasteiger partial charge in [-0.2, -0.15) is 0 Å². The van der Waals surface area contributed by atoms with Gasteiger partial charge in [0, 0.05) is 110 Å². The molecule has 29 rings (SSSR count). The highest BCUT2D eigenvalue weighted by Crippen LogP contribution is 2.49. The van der Waals surface area contributed by atoms with Crippen LogP contribution in [0.25, 0.3) is 282 Å². The van der Waals surface area contributed by atoms with Gasteiger partial charge in [0.15, 0.2) is 17.5 Å². The van der Waals surface area contributed by atoms with Crippen LogP contribution in [-0.4, -0.2) is 29.9 Å². The van der Waals surface area contributed by atoms with Crippen LogP contribution in [0.2, 0.25) is 0 Å². The van der Waals surface area contributed by atoms with E-state index in [9.17, 15) is 0 Å². The van der Waals surface area contributed by atoms with E-state index in [0.29, 0.717) is 0 Å². The van der Waals surface area contributed by atoms with E-state index in [1.54, 1.807) is 0 Å². The number of fused-ring (bicyclic) bond motifs is 21. The largest absolute Gasteiger partial charge is 0.228 e.